The molecule has 0 unspecified atom stereocenters. The van der Waals surface area contributed by atoms with E-state index in [0.717, 1.165) is 27.8 Å². The summed E-state index contributed by atoms with van der Waals surface area (Å²) >= 11 is 0. The molecule has 10 heteroatoms. The van der Waals surface area contributed by atoms with Crippen molar-refractivity contribution < 1.29 is 42.3 Å². The summed E-state index contributed by atoms with van der Waals surface area (Å²) < 4.78 is 62.3. The Hall–Kier alpha value is -4.46. The van der Waals surface area contributed by atoms with Gasteiger partial charge in [-0.1, -0.05) is 193 Å². The normalized spacial score (nSPS) is 23.3. The molecule has 5 aromatic rings. The van der Waals surface area contributed by atoms with E-state index in [1.54, 1.807) is 6.26 Å². The lowest BCUT2D eigenvalue weighted by atomic mass is 9.97. The molecule has 9 nitrogen and oxygen atoms in total. The van der Waals surface area contributed by atoms with Gasteiger partial charge in [-0.2, -0.15) is 0 Å². The zero-order valence-electron chi connectivity index (χ0n) is 39.6. The van der Waals surface area contributed by atoms with Crippen LogP contribution in [0.5, 0.6) is 0 Å². The summed E-state index contributed by atoms with van der Waals surface area (Å²) in [6.07, 6.45) is -1.55. The third-order valence-corrected chi connectivity index (χ3v) is 18.9. The molecule has 66 heavy (non-hydrogen) atoms. The highest BCUT2D eigenvalue weighted by Crippen LogP contribution is 2.43. The second-order valence-corrected chi connectivity index (χ2v) is 23.8. The van der Waals surface area contributed by atoms with E-state index < -0.39 is 57.3 Å². The molecule has 0 aromatic heterocycles. The number of hydrogen-bond donors (Lipinski definition) is 0. The fourth-order valence-corrected chi connectivity index (χ4v) is 15.0. The van der Waals surface area contributed by atoms with Gasteiger partial charge < -0.3 is 42.3 Å². The first kappa shape index (κ1) is 49.4. The maximum atomic E-state index is 7.25. The molecule has 0 saturated carbocycles. The molecule has 0 bridgehead atoms. The van der Waals surface area contributed by atoms with E-state index in [-0.39, 0.29) is 6.61 Å². The summed E-state index contributed by atoms with van der Waals surface area (Å²) in [5.74, 6) is 0. The van der Waals surface area contributed by atoms with Crippen molar-refractivity contribution in [2.75, 3.05) is 13.2 Å². The van der Waals surface area contributed by atoms with Crippen LogP contribution in [0.3, 0.4) is 0 Å². The summed E-state index contributed by atoms with van der Waals surface area (Å²) in [7, 11) is -2.27. The standard InChI is InChI=1S/C56H70O9Si/c1-41(2)66(42(3)4,43(5)6)63-40-50-52(59-35-45-24-14-8-15-25-45)49(32-33-58-50)64-56-55(62-38-48-30-20-11-21-31-48)54(61-37-47-28-18-10-19-29-47)53(60-36-46-26-16-9-17-27-46)51(65-56)39-57-34-44-22-12-7-13-23-44/h7-33,41-43,49-56H,34-40H2,1-6H3/t49-,50-,51-,52-,53+,54+,55-,56-/m1/s1. The highest BCUT2D eigenvalue weighted by Gasteiger charge is 2.52. The van der Waals surface area contributed by atoms with Crippen LogP contribution >= 0.6 is 0 Å². The molecule has 0 amide bonds. The molecule has 0 aliphatic carbocycles. The summed E-state index contributed by atoms with van der Waals surface area (Å²) in [6.45, 7) is 16.1. The van der Waals surface area contributed by atoms with Gasteiger partial charge in [0.25, 0.3) is 0 Å². The molecule has 1 saturated heterocycles. The van der Waals surface area contributed by atoms with Crippen LogP contribution in [0.1, 0.15) is 69.4 Å². The van der Waals surface area contributed by atoms with Gasteiger partial charge in [0.1, 0.15) is 42.7 Å². The van der Waals surface area contributed by atoms with Crippen molar-refractivity contribution in [1.82, 2.24) is 0 Å². The van der Waals surface area contributed by atoms with Crippen LogP contribution in [0.2, 0.25) is 16.6 Å². The molecule has 352 valence electrons. The zero-order valence-corrected chi connectivity index (χ0v) is 40.6. The van der Waals surface area contributed by atoms with Gasteiger partial charge in [-0.3, -0.25) is 0 Å². The molecule has 2 heterocycles. The Morgan fingerprint density at radius 3 is 1.27 bits per heavy atom. The molecule has 0 radical (unpaired) electrons. The fraction of sp³-hybridized carbons (Fsp3) is 0.429. The summed E-state index contributed by atoms with van der Waals surface area (Å²) in [6, 6.07) is 50.8. The molecule has 8 atom stereocenters. The van der Waals surface area contributed by atoms with E-state index in [1.807, 2.05) is 97.1 Å². The Balaban J connectivity index is 1.24. The van der Waals surface area contributed by atoms with E-state index in [1.165, 1.54) is 0 Å². The van der Waals surface area contributed by atoms with Crippen LogP contribution in [0.4, 0.5) is 0 Å². The quantitative estimate of drug-likeness (QED) is 0.0562. The van der Waals surface area contributed by atoms with Crippen molar-refractivity contribution in [2.24, 2.45) is 0 Å². The summed E-state index contributed by atoms with van der Waals surface area (Å²) in [4.78, 5) is 0. The number of ether oxygens (including phenoxy) is 8. The fourth-order valence-electron chi connectivity index (χ4n) is 9.59. The minimum Gasteiger partial charge on any atom is -0.493 e. The van der Waals surface area contributed by atoms with Gasteiger partial charge in [-0.05, 0) is 50.5 Å². The third-order valence-electron chi connectivity index (χ3n) is 12.8. The molecule has 2 aliphatic rings. The first-order chi connectivity index (χ1) is 32.2. The highest BCUT2D eigenvalue weighted by atomic mass is 28.4. The van der Waals surface area contributed by atoms with Gasteiger partial charge in [-0.15, -0.1) is 0 Å². The average Bonchev–Trinajstić information content (AvgIpc) is 3.34. The van der Waals surface area contributed by atoms with Crippen LogP contribution < -0.4 is 0 Å². The molecule has 0 N–H and O–H groups in total. The molecule has 5 aromatic carbocycles. The number of hydrogen-bond acceptors (Lipinski definition) is 9. The van der Waals surface area contributed by atoms with Gasteiger partial charge in [0, 0.05) is 0 Å². The highest BCUT2D eigenvalue weighted by molar-refractivity contribution is 6.77. The van der Waals surface area contributed by atoms with Gasteiger partial charge >= 0.3 is 0 Å². The molecule has 1 fully saturated rings. The first-order valence-corrected chi connectivity index (χ1v) is 25.9. The largest absolute Gasteiger partial charge is 0.493 e. The molecule has 7 rings (SSSR count). The van der Waals surface area contributed by atoms with Crippen molar-refractivity contribution in [3.05, 3.63) is 192 Å². The van der Waals surface area contributed by atoms with E-state index >= 15 is 0 Å². The monoisotopic (exact) mass is 914 g/mol. The number of rotatable bonds is 24. The molecule has 0 spiro atoms. The lowest BCUT2D eigenvalue weighted by Gasteiger charge is -2.47. The Bertz CT molecular complexity index is 2100. The van der Waals surface area contributed by atoms with Crippen LogP contribution in [-0.4, -0.2) is 70.5 Å². The Morgan fingerprint density at radius 2 is 0.833 bits per heavy atom. The average molecular weight is 915 g/mol. The Labute approximate surface area is 394 Å². The molecule has 2 aliphatic heterocycles. The molecular weight excluding hydrogens is 845 g/mol. The topological polar surface area (TPSA) is 83.1 Å². The second-order valence-electron chi connectivity index (χ2n) is 18.3. The second kappa shape index (κ2) is 25.1. The van der Waals surface area contributed by atoms with E-state index in [9.17, 15) is 0 Å². The van der Waals surface area contributed by atoms with Gasteiger partial charge in [-0.25, -0.2) is 0 Å². The van der Waals surface area contributed by atoms with E-state index in [4.69, 9.17) is 42.3 Å². The van der Waals surface area contributed by atoms with Gasteiger partial charge in [0.15, 0.2) is 6.29 Å². The van der Waals surface area contributed by atoms with Crippen molar-refractivity contribution in [3.63, 3.8) is 0 Å². The maximum Gasteiger partial charge on any atom is 0.200 e. The van der Waals surface area contributed by atoms with E-state index in [2.05, 4.69) is 102 Å². The lowest BCUT2D eigenvalue weighted by molar-refractivity contribution is -0.340. The van der Waals surface area contributed by atoms with Crippen LogP contribution in [0.15, 0.2) is 164 Å². The summed E-state index contributed by atoms with van der Waals surface area (Å²) in [5, 5.41) is 0. The van der Waals surface area contributed by atoms with Crippen molar-refractivity contribution in [2.45, 2.75) is 140 Å². The third kappa shape index (κ3) is 13.4. The van der Waals surface area contributed by atoms with Gasteiger partial charge in [0.05, 0.1) is 52.5 Å². The van der Waals surface area contributed by atoms with Crippen molar-refractivity contribution in [1.29, 1.82) is 0 Å². The molecular formula is C56H70O9Si. The van der Waals surface area contributed by atoms with E-state index in [0.29, 0.717) is 56.3 Å². The predicted molar refractivity (Wildman–Crippen MR) is 261 cm³/mol. The first-order valence-electron chi connectivity index (χ1n) is 23.7. The zero-order chi connectivity index (χ0) is 46.1. The van der Waals surface area contributed by atoms with Crippen LogP contribution in [0, 0.1) is 0 Å². The SMILES string of the molecule is CC(C)[Si](OC[C@H]1OC=C[C@@H](O[C@@H]2O[C@H](COCc3ccccc3)[C@H](OCc3ccccc3)[C@H](OCc3ccccc3)[C@H]2OCc2ccccc2)[C@H]1OCc1ccccc1)(C(C)C)C(C)C. The summed E-state index contributed by atoms with van der Waals surface area (Å²) in [5.41, 5.74) is 6.36. The Kier molecular flexibility index (Phi) is 18.8. The minimum atomic E-state index is -2.27. The van der Waals surface area contributed by atoms with Crippen LogP contribution in [0.25, 0.3) is 0 Å². The smallest absolute Gasteiger partial charge is 0.200 e. The number of benzene rings is 5. The Morgan fingerprint density at radius 1 is 0.439 bits per heavy atom. The lowest BCUT2D eigenvalue weighted by Crippen LogP contribution is -2.63. The minimum absolute atomic E-state index is 0.213. The van der Waals surface area contributed by atoms with Crippen molar-refractivity contribution >= 4 is 8.32 Å². The van der Waals surface area contributed by atoms with Crippen LogP contribution in [-0.2, 0) is 75.4 Å². The van der Waals surface area contributed by atoms with Gasteiger partial charge in [0.2, 0.25) is 8.32 Å². The predicted octanol–water partition coefficient (Wildman–Crippen LogP) is 11.8. The van der Waals surface area contributed by atoms with Crippen molar-refractivity contribution in [3.8, 4) is 0 Å². The maximum absolute atomic E-state index is 7.25.